The molecule has 1 rings (SSSR count). The van der Waals surface area contributed by atoms with Gasteiger partial charge in [0.15, 0.2) is 5.96 Å². The van der Waals surface area contributed by atoms with Crippen LogP contribution in [0.5, 0.6) is 0 Å². The molecule has 0 amide bonds. The standard InChI is InChI=1S/C8H15NO6.C6H14N4O2/c1-3(11)14-8-5(9)7(13)6(12)4(2-10)15-8;7-4(5(11)12)2-1-3-10-6(8)9/h4-8,10,12-13H,2,9H2,1H3;4H,1-3,7H2,(H,11,12)(H4,8,9,10)/t4-,5-,6-,7-,8?;/m1./s1. The summed E-state index contributed by atoms with van der Waals surface area (Å²) in [5.74, 6) is -1.60. The number of hydrogen-bond donors (Lipinski definition) is 8. The minimum atomic E-state index is -1.31. The second-order valence-electron chi connectivity index (χ2n) is 5.79. The van der Waals surface area contributed by atoms with Gasteiger partial charge in [-0.1, -0.05) is 0 Å². The Labute approximate surface area is 155 Å². The second-order valence-corrected chi connectivity index (χ2v) is 5.79. The minimum Gasteiger partial charge on any atom is -0.480 e. The smallest absolute Gasteiger partial charge is 0.320 e. The Kier molecular flexibility index (Phi) is 11.4. The Hall–Kier alpha value is -2.03. The SMILES string of the molecule is CC(=O)OC1O[C@H](CO)[C@@H](O)[C@H](O)[C@H]1N.NC(N)=NCCCC(N)C(=O)O. The number of nitrogens with zero attached hydrogens (tertiary/aromatic N) is 1. The lowest BCUT2D eigenvalue weighted by atomic mass is 9.98. The van der Waals surface area contributed by atoms with Crippen LogP contribution < -0.4 is 22.9 Å². The van der Waals surface area contributed by atoms with Crippen LogP contribution in [-0.4, -0.2) is 88.2 Å². The molecule has 2 unspecified atom stereocenters. The van der Waals surface area contributed by atoms with Gasteiger partial charge in [-0.3, -0.25) is 14.6 Å². The van der Waals surface area contributed by atoms with Crippen LogP contribution in [0, 0.1) is 0 Å². The second kappa shape index (κ2) is 12.4. The molecule has 1 aliphatic rings. The van der Waals surface area contributed by atoms with Crippen LogP contribution in [0.25, 0.3) is 0 Å². The fourth-order valence-electron chi connectivity index (χ4n) is 2.02. The van der Waals surface area contributed by atoms with Crippen LogP contribution in [0.3, 0.4) is 0 Å². The first-order valence-electron chi connectivity index (χ1n) is 8.10. The first-order chi connectivity index (χ1) is 12.5. The highest BCUT2D eigenvalue weighted by Gasteiger charge is 2.43. The zero-order valence-corrected chi connectivity index (χ0v) is 15.0. The molecule has 12 N–H and O–H groups in total. The molecule has 0 bridgehead atoms. The number of carbonyl (C=O) groups excluding carboxylic acids is 1. The van der Waals surface area contributed by atoms with Crippen molar-refractivity contribution in [2.45, 2.75) is 56.5 Å². The number of aliphatic hydroxyl groups is 3. The van der Waals surface area contributed by atoms with Gasteiger partial charge in [-0.15, -0.1) is 0 Å². The Balaban J connectivity index is 0.000000516. The predicted molar refractivity (Wildman–Crippen MR) is 93.0 cm³/mol. The normalized spacial score (nSPS) is 28.3. The highest BCUT2D eigenvalue weighted by Crippen LogP contribution is 2.20. The van der Waals surface area contributed by atoms with Gasteiger partial charge in [0, 0.05) is 13.5 Å². The average molecular weight is 395 g/mol. The van der Waals surface area contributed by atoms with Crippen LogP contribution >= 0.6 is 0 Å². The van der Waals surface area contributed by atoms with E-state index >= 15 is 0 Å². The molecule has 13 nitrogen and oxygen atoms in total. The fourth-order valence-corrected chi connectivity index (χ4v) is 2.02. The summed E-state index contributed by atoms with van der Waals surface area (Å²) in [5, 5.41) is 36.1. The van der Waals surface area contributed by atoms with E-state index in [0.717, 1.165) is 0 Å². The molecule has 27 heavy (non-hydrogen) atoms. The Bertz CT molecular complexity index is 500. The number of carbonyl (C=O) groups is 2. The maximum atomic E-state index is 10.7. The minimum absolute atomic E-state index is 0.0129. The van der Waals surface area contributed by atoms with Crippen LogP contribution in [0.4, 0.5) is 0 Å². The molecule has 0 aromatic rings. The summed E-state index contributed by atoms with van der Waals surface area (Å²) in [6.45, 7) is 1.09. The number of carboxylic acid groups (broad SMARTS) is 1. The molecule has 0 aromatic carbocycles. The van der Waals surface area contributed by atoms with E-state index in [9.17, 15) is 19.8 Å². The summed E-state index contributed by atoms with van der Waals surface area (Å²) in [6, 6.07) is -1.86. The van der Waals surface area contributed by atoms with Crippen LogP contribution in [0.15, 0.2) is 4.99 Å². The first-order valence-corrected chi connectivity index (χ1v) is 8.10. The number of ether oxygens (including phenoxy) is 2. The lowest BCUT2D eigenvalue weighted by Crippen LogP contribution is -2.62. The number of rotatable bonds is 7. The van der Waals surface area contributed by atoms with Gasteiger partial charge in [0.2, 0.25) is 6.29 Å². The van der Waals surface area contributed by atoms with Crippen LogP contribution in [0.2, 0.25) is 0 Å². The number of aliphatic hydroxyl groups excluding tert-OH is 3. The Morgan fingerprint density at radius 2 is 1.85 bits per heavy atom. The number of aliphatic carboxylic acids is 1. The summed E-state index contributed by atoms with van der Waals surface area (Å²) in [4.78, 5) is 24.6. The molecule has 0 radical (unpaired) electrons. The summed E-state index contributed by atoms with van der Waals surface area (Å²) in [7, 11) is 0. The van der Waals surface area contributed by atoms with Crippen molar-refractivity contribution in [1.29, 1.82) is 0 Å². The molecule has 0 spiro atoms. The average Bonchev–Trinajstić information content (AvgIpc) is 2.59. The highest BCUT2D eigenvalue weighted by molar-refractivity contribution is 5.75. The van der Waals surface area contributed by atoms with E-state index < -0.39 is 55.2 Å². The van der Waals surface area contributed by atoms with Gasteiger partial charge in [0.05, 0.1) is 12.6 Å². The molecule has 13 heteroatoms. The molecule has 0 aromatic heterocycles. The number of esters is 1. The van der Waals surface area contributed by atoms with E-state index in [0.29, 0.717) is 19.4 Å². The van der Waals surface area contributed by atoms with Gasteiger partial charge >= 0.3 is 11.9 Å². The van der Waals surface area contributed by atoms with Crippen molar-refractivity contribution in [2.24, 2.45) is 27.9 Å². The number of nitrogens with two attached hydrogens (primary N) is 4. The zero-order chi connectivity index (χ0) is 21.1. The van der Waals surface area contributed by atoms with Crippen LogP contribution in [-0.2, 0) is 19.1 Å². The largest absolute Gasteiger partial charge is 0.480 e. The monoisotopic (exact) mass is 395 g/mol. The molecule has 1 fully saturated rings. The molecule has 1 aliphatic heterocycles. The van der Waals surface area contributed by atoms with Gasteiger partial charge in [0.25, 0.3) is 0 Å². The lowest BCUT2D eigenvalue weighted by molar-refractivity contribution is -0.258. The third-order valence-corrected chi connectivity index (χ3v) is 3.50. The number of hydrogen-bond acceptors (Lipinski definition) is 10. The van der Waals surface area contributed by atoms with Gasteiger partial charge in [-0.2, -0.15) is 0 Å². The van der Waals surface area contributed by atoms with E-state index in [1.54, 1.807) is 0 Å². The van der Waals surface area contributed by atoms with E-state index in [-0.39, 0.29) is 5.96 Å². The maximum absolute atomic E-state index is 10.7. The highest BCUT2D eigenvalue weighted by atomic mass is 16.7. The number of aliphatic imine (C=N–C) groups is 1. The third kappa shape index (κ3) is 9.46. The molecule has 0 aliphatic carbocycles. The van der Waals surface area contributed by atoms with Crippen molar-refractivity contribution in [2.75, 3.05) is 13.2 Å². The van der Waals surface area contributed by atoms with E-state index in [4.69, 9.17) is 37.9 Å². The Morgan fingerprint density at radius 3 is 2.30 bits per heavy atom. The molecular weight excluding hydrogens is 366 g/mol. The molecule has 0 saturated carbocycles. The van der Waals surface area contributed by atoms with E-state index in [1.165, 1.54) is 6.92 Å². The fraction of sp³-hybridized carbons (Fsp3) is 0.786. The predicted octanol–water partition coefficient (Wildman–Crippen LogP) is -4.23. The third-order valence-electron chi connectivity index (χ3n) is 3.50. The van der Waals surface area contributed by atoms with Gasteiger partial charge in [0.1, 0.15) is 24.4 Å². The molecular formula is C14H29N5O8. The lowest BCUT2D eigenvalue weighted by Gasteiger charge is -2.39. The van der Waals surface area contributed by atoms with Crippen molar-refractivity contribution in [3.05, 3.63) is 0 Å². The molecule has 1 saturated heterocycles. The summed E-state index contributed by atoms with van der Waals surface area (Å²) >= 11 is 0. The van der Waals surface area contributed by atoms with Crippen molar-refractivity contribution < 1.29 is 39.5 Å². The van der Waals surface area contributed by atoms with Gasteiger partial charge in [-0.25, -0.2) is 0 Å². The van der Waals surface area contributed by atoms with E-state index in [1.807, 2.05) is 0 Å². The molecule has 6 atom stereocenters. The summed E-state index contributed by atoms with van der Waals surface area (Å²) in [6.07, 6.45) is -3.81. The Morgan fingerprint density at radius 1 is 1.26 bits per heavy atom. The van der Waals surface area contributed by atoms with E-state index in [2.05, 4.69) is 9.73 Å². The quantitative estimate of drug-likeness (QED) is 0.0883. The maximum Gasteiger partial charge on any atom is 0.320 e. The number of carboxylic acids is 1. The summed E-state index contributed by atoms with van der Waals surface area (Å²) in [5.41, 5.74) is 20.8. The van der Waals surface area contributed by atoms with Crippen LogP contribution in [0.1, 0.15) is 19.8 Å². The topological polar surface area (TPSA) is 250 Å². The summed E-state index contributed by atoms with van der Waals surface area (Å²) < 4.78 is 9.70. The van der Waals surface area contributed by atoms with Gasteiger partial charge < -0.3 is 52.8 Å². The van der Waals surface area contributed by atoms with Crippen molar-refractivity contribution in [3.8, 4) is 0 Å². The van der Waals surface area contributed by atoms with Crippen molar-refractivity contribution >= 4 is 17.9 Å². The zero-order valence-electron chi connectivity index (χ0n) is 15.0. The number of guanidine groups is 1. The molecule has 158 valence electrons. The van der Waals surface area contributed by atoms with Crippen molar-refractivity contribution in [3.63, 3.8) is 0 Å². The van der Waals surface area contributed by atoms with Gasteiger partial charge in [-0.05, 0) is 12.8 Å². The first kappa shape index (κ1) is 25.0. The van der Waals surface area contributed by atoms with Crippen molar-refractivity contribution in [1.82, 2.24) is 0 Å². The molecule has 1 heterocycles.